The molecule has 17 heavy (non-hydrogen) atoms. The van der Waals surface area contributed by atoms with Crippen molar-refractivity contribution in [2.24, 2.45) is 0 Å². The number of benzene rings is 1. The molecular weight excluding hydrogens is 230 g/mol. The lowest BCUT2D eigenvalue weighted by Crippen LogP contribution is -2.29. The highest BCUT2D eigenvalue weighted by molar-refractivity contribution is 7.12. The number of nitrogens with one attached hydrogen (secondary N) is 1. The first-order chi connectivity index (χ1) is 8.42. The molecule has 88 valence electrons. The Labute approximate surface area is 105 Å². The monoisotopic (exact) mass is 245 g/mol. The number of fused-ring (bicyclic) bond motifs is 1. The van der Waals surface area contributed by atoms with E-state index < -0.39 is 0 Å². The van der Waals surface area contributed by atoms with Crippen LogP contribution in [0.4, 0.5) is 0 Å². The third-order valence-corrected chi connectivity index (χ3v) is 3.88. The second kappa shape index (κ2) is 4.94. The molecule has 3 rings (SSSR count). The third-order valence-electron chi connectivity index (χ3n) is 3.18. The molecular formula is C13H15N3S. The molecule has 1 aliphatic carbocycles. The highest BCUT2D eigenvalue weighted by atomic mass is 32.1. The van der Waals surface area contributed by atoms with Gasteiger partial charge in [0.2, 0.25) is 0 Å². The van der Waals surface area contributed by atoms with E-state index in [4.69, 9.17) is 0 Å². The molecule has 0 saturated carbocycles. The molecule has 0 amide bonds. The Bertz CT molecular complexity index is 532. The lowest BCUT2D eigenvalue weighted by molar-refractivity contribution is 0.474. The SMILES string of the molecule is C1=CCC(NCc2ccc3snnc3c2)CC1. The highest BCUT2D eigenvalue weighted by Crippen LogP contribution is 2.17. The Morgan fingerprint density at radius 1 is 1.35 bits per heavy atom. The van der Waals surface area contributed by atoms with E-state index >= 15 is 0 Å². The van der Waals surface area contributed by atoms with Crippen molar-refractivity contribution in [2.45, 2.75) is 31.8 Å². The van der Waals surface area contributed by atoms with Crippen molar-refractivity contribution in [3.8, 4) is 0 Å². The predicted octanol–water partition coefficient (Wildman–Crippen LogP) is 2.89. The lowest BCUT2D eigenvalue weighted by Gasteiger charge is -2.19. The number of allylic oxidation sites excluding steroid dienone is 1. The van der Waals surface area contributed by atoms with Gasteiger partial charge in [-0.1, -0.05) is 22.7 Å². The zero-order chi connectivity index (χ0) is 11.5. The van der Waals surface area contributed by atoms with Crippen LogP contribution < -0.4 is 5.32 Å². The summed E-state index contributed by atoms with van der Waals surface area (Å²) in [6.45, 7) is 0.923. The predicted molar refractivity (Wildman–Crippen MR) is 71.0 cm³/mol. The molecule has 1 aliphatic rings. The van der Waals surface area contributed by atoms with Crippen LogP contribution in [0.25, 0.3) is 10.2 Å². The first-order valence-corrected chi connectivity index (χ1v) is 6.78. The van der Waals surface area contributed by atoms with Crippen molar-refractivity contribution in [3.05, 3.63) is 35.9 Å². The number of hydrogen-bond acceptors (Lipinski definition) is 4. The van der Waals surface area contributed by atoms with E-state index in [0.29, 0.717) is 6.04 Å². The summed E-state index contributed by atoms with van der Waals surface area (Å²) in [7, 11) is 0. The molecule has 4 heteroatoms. The molecule has 0 fully saturated rings. The van der Waals surface area contributed by atoms with Gasteiger partial charge in [-0.25, -0.2) is 0 Å². The topological polar surface area (TPSA) is 37.8 Å². The molecule has 0 radical (unpaired) electrons. The van der Waals surface area contributed by atoms with Crippen molar-refractivity contribution in [1.29, 1.82) is 0 Å². The molecule has 1 aromatic heterocycles. The summed E-state index contributed by atoms with van der Waals surface area (Å²) in [6.07, 6.45) is 8.14. The molecule has 1 unspecified atom stereocenters. The van der Waals surface area contributed by atoms with Gasteiger partial charge in [-0.15, -0.1) is 5.10 Å². The van der Waals surface area contributed by atoms with E-state index in [-0.39, 0.29) is 0 Å². The standard InChI is InChI=1S/C13H15N3S/c1-2-4-11(5-3-1)14-9-10-6-7-13-12(8-10)15-16-17-13/h1-2,6-8,11,14H,3-5,9H2. The summed E-state index contributed by atoms with van der Waals surface area (Å²) in [5, 5.41) is 7.70. The van der Waals surface area contributed by atoms with Gasteiger partial charge in [-0.05, 0) is 48.5 Å². The van der Waals surface area contributed by atoms with Crippen molar-refractivity contribution < 1.29 is 0 Å². The molecule has 0 spiro atoms. The van der Waals surface area contributed by atoms with Crippen LogP contribution in [-0.4, -0.2) is 15.6 Å². The molecule has 0 bridgehead atoms. The largest absolute Gasteiger partial charge is 0.310 e. The Kier molecular flexibility index (Phi) is 3.16. The van der Waals surface area contributed by atoms with Crippen molar-refractivity contribution in [3.63, 3.8) is 0 Å². The summed E-state index contributed by atoms with van der Waals surface area (Å²) in [5.41, 5.74) is 2.30. The maximum absolute atomic E-state index is 4.10. The van der Waals surface area contributed by atoms with Gasteiger partial charge < -0.3 is 5.32 Å². The number of nitrogens with zero attached hydrogens (tertiary/aromatic N) is 2. The highest BCUT2D eigenvalue weighted by Gasteiger charge is 2.09. The van der Waals surface area contributed by atoms with E-state index in [1.54, 1.807) is 0 Å². The van der Waals surface area contributed by atoms with Gasteiger partial charge in [-0.3, -0.25) is 0 Å². The normalized spacial score (nSPS) is 19.9. The Morgan fingerprint density at radius 3 is 3.24 bits per heavy atom. The Hall–Kier alpha value is -1.26. The minimum Gasteiger partial charge on any atom is -0.310 e. The van der Waals surface area contributed by atoms with Gasteiger partial charge in [-0.2, -0.15) is 0 Å². The molecule has 1 aromatic carbocycles. The molecule has 0 aliphatic heterocycles. The van der Waals surface area contributed by atoms with E-state index in [0.717, 1.165) is 23.2 Å². The summed E-state index contributed by atoms with van der Waals surface area (Å²) in [6, 6.07) is 7.03. The van der Waals surface area contributed by atoms with Crippen molar-refractivity contribution >= 4 is 21.7 Å². The van der Waals surface area contributed by atoms with Gasteiger partial charge in [0.1, 0.15) is 5.52 Å². The lowest BCUT2D eigenvalue weighted by atomic mass is 10.0. The minimum atomic E-state index is 0.629. The van der Waals surface area contributed by atoms with Crippen LogP contribution in [0, 0.1) is 0 Å². The molecule has 1 N–H and O–H groups in total. The zero-order valence-electron chi connectivity index (χ0n) is 9.60. The first-order valence-electron chi connectivity index (χ1n) is 6.01. The van der Waals surface area contributed by atoms with E-state index in [1.165, 1.54) is 29.9 Å². The van der Waals surface area contributed by atoms with Gasteiger partial charge in [0.05, 0.1) is 4.70 Å². The summed E-state index contributed by atoms with van der Waals surface area (Å²) in [4.78, 5) is 0. The van der Waals surface area contributed by atoms with E-state index in [1.807, 2.05) is 0 Å². The fourth-order valence-corrected chi connectivity index (χ4v) is 2.72. The van der Waals surface area contributed by atoms with Crippen LogP contribution >= 0.6 is 11.5 Å². The molecule has 1 atom stereocenters. The van der Waals surface area contributed by atoms with Crippen LogP contribution in [0.3, 0.4) is 0 Å². The number of aromatic nitrogens is 2. The van der Waals surface area contributed by atoms with Gasteiger partial charge >= 0.3 is 0 Å². The number of hydrogen-bond donors (Lipinski definition) is 1. The molecule has 1 heterocycles. The molecule has 2 aromatic rings. The average Bonchev–Trinajstić information content (AvgIpc) is 2.85. The van der Waals surface area contributed by atoms with Gasteiger partial charge in [0.25, 0.3) is 0 Å². The first kappa shape index (κ1) is 10.9. The van der Waals surface area contributed by atoms with Crippen LogP contribution in [-0.2, 0) is 6.54 Å². The number of rotatable bonds is 3. The van der Waals surface area contributed by atoms with Crippen LogP contribution in [0.15, 0.2) is 30.4 Å². The Morgan fingerprint density at radius 2 is 2.35 bits per heavy atom. The van der Waals surface area contributed by atoms with E-state index in [9.17, 15) is 0 Å². The maximum Gasteiger partial charge on any atom is 0.106 e. The fraction of sp³-hybridized carbons (Fsp3) is 0.385. The quantitative estimate of drug-likeness (QED) is 0.845. The molecule has 0 saturated heterocycles. The van der Waals surface area contributed by atoms with Crippen LogP contribution in [0.2, 0.25) is 0 Å². The second-order valence-corrected chi connectivity index (χ2v) is 5.22. The van der Waals surface area contributed by atoms with E-state index in [2.05, 4.69) is 45.3 Å². The minimum absolute atomic E-state index is 0.629. The fourth-order valence-electron chi connectivity index (χ4n) is 2.18. The zero-order valence-corrected chi connectivity index (χ0v) is 10.4. The average molecular weight is 245 g/mol. The summed E-state index contributed by atoms with van der Waals surface area (Å²) < 4.78 is 5.12. The van der Waals surface area contributed by atoms with Gasteiger partial charge in [0, 0.05) is 12.6 Å². The van der Waals surface area contributed by atoms with Crippen LogP contribution in [0.1, 0.15) is 24.8 Å². The second-order valence-electron chi connectivity index (χ2n) is 4.44. The van der Waals surface area contributed by atoms with Crippen LogP contribution in [0.5, 0.6) is 0 Å². The molecule has 3 nitrogen and oxygen atoms in total. The smallest absolute Gasteiger partial charge is 0.106 e. The van der Waals surface area contributed by atoms with Gasteiger partial charge in [0.15, 0.2) is 0 Å². The summed E-state index contributed by atoms with van der Waals surface area (Å²) in [5.74, 6) is 0. The van der Waals surface area contributed by atoms with Crippen molar-refractivity contribution in [2.75, 3.05) is 0 Å². The Balaban J connectivity index is 1.65. The third kappa shape index (κ3) is 2.53. The van der Waals surface area contributed by atoms with Crippen molar-refractivity contribution in [1.82, 2.24) is 14.9 Å². The maximum atomic E-state index is 4.10. The summed E-state index contributed by atoms with van der Waals surface area (Å²) >= 11 is 1.45.